The number of nitrogens with zero attached hydrogens (tertiary/aromatic N) is 2. The molecule has 0 N–H and O–H groups in total. The molecule has 2 aromatic carbocycles. The summed E-state index contributed by atoms with van der Waals surface area (Å²) in [5.74, 6) is -1.86. The maximum absolute atomic E-state index is 13.1. The lowest BCUT2D eigenvalue weighted by Crippen LogP contribution is -2.34. The van der Waals surface area contributed by atoms with Gasteiger partial charge in [-0.25, -0.2) is 4.90 Å². The number of halogens is 2. The number of hydrogen-bond acceptors (Lipinski definition) is 5. The Hall–Kier alpha value is -2.52. The zero-order chi connectivity index (χ0) is 24.9. The highest BCUT2D eigenvalue weighted by Crippen LogP contribution is 2.45. The molecule has 0 radical (unpaired) electrons. The van der Waals surface area contributed by atoms with Crippen molar-refractivity contribution < 1.29 is 23.9 Å². The van der Waals surface area contributed by atoms with Gasteiger partial charge in [0.2, 0.25) is 17.7 Å². The Morgan fingerprint density at radius 1 is 0.943 bits per heavy atom. The zero-order valence-corrected chi connectivity index (χ0v) is 22.2. The molecule has 7 nitrogen and oxygen atoms in total. The number of alkyl halides is 2. The second-order valence-corrected chi connectivity index (χ2v) is 11.7. The second kappa shape index (κ2) is 9.50. The third-order valence-corrected chi connectivity index (χ3v) is 9.80. The molecular weight excluding hydrogens is 580 g/mol. The van der Waals surface area contributed by atoms with Crippen molar-refractivity contribution in [1.29, 1.82) is 0 Å². The first-order chi connectivity index (χ1) is 16.7. The minimum atomic E-state index is -0.568. The van der Waals surface area contributed by atoms with Crippen molar-refractivity contribution in [2.75, 3.05) is 16.3 Å². The van der Waals surface area contributed by atoms with Crippen molar-refractivity contribution in [1.82, 2.24) is 0 Å². The van der Waals surface area contributed by atoms with Gasteiger partial charge in [0.15, 0.2) is 0 Å². The Morgan fingerprint density at radius 3 is 2.17 bits per heavy atom. The molecule has 2 saturated heterocycles. The Morgan fingerprint density at radius 2 is 1.57 bits per heavy atom. The van der Waals surface area contributed by atoms with Gasteiger partial charge in [0.1, 0.15) is 5.75 Å². The molecular formula is C26H24Br2N2O5. The molecule has 182 valence electrons. The van der Waals surface area contributed by atoms with Crippen LogP contribution in [0.4, 0.5) is 11.4 Å². The van der Waals surface area contributed by atoms with E-state index in [1.807, 2.05) is 30.3 Å². The van der Waals surface area contributed by atoms with Gasteiger partial charge in [0, 0.05) is 28.3 Å². The molecule has 5 atom stereocenters. The molecule has 2 aliphatic heterocycles. The lowest BCUT2D eigenvalue weighted by atomic mass is 9.81. The van der Waals surface area contributed by atoms with Crippen molar-refractivity contribution in [2.24, 2.45) is 17.8 Å². The van der Waals surface area contributed by atoms with E-state index in [1.54, 1.807) is 30.0 Å². The van der Waals surface area contributed by atoms with Crippen LogP contribution in [-0.4, -0.2) is 39.9 Å². The molecule has 1 saturated carbocycles. The molecule has 0 bridgehead atoms. The van der Waals surface area contributed by atoms with E-state index in [0.717, 1.165) is 5.69 Å². The highest BCUT2D eigenvalue weighted by atomic mass is 79.9. The first-order valence-electron chi connectivity index (χ1n) is 11.6. The third kappa shape index (κ3) is 4.44. The standard InChI is InChI=1S/C26H24Br2N2O5/c1-14-9-17(35-26(34)15-10-23(31)29(13-15)16-5-3-2-4-6-16)7-8-22(14)30-24(32)18-11-20(27)21(28)12-19(18)25(30)33/h2-9,15,18-21H,10-13H2,1H3/t15-,18-,19+,20+,21-/m1/s1. The fourth-order valence-electron chi connectivity index (χ4n) is 5.20. The second-order valence-electron chi connectivity index (χ2n) is 9.34. The van der Waals surface area contributed by atoms with Crippen LogP contribution in [0.25, 0.3) is 0 Å². The fraction of sp³-hybridized carbons (Fsp3) is 0.385. The quantitative estimate of drug-likeness (QED) is 0.224. The number of fused-ring (bicyclic) bond motifs is 1. The maximum Gasteiger partial charge on any atom is 0.316 e. The smallest absolute Gasteiger partial charge is 0.316 e. The van der Waals surface area contributed by atoms with Crippen LogP contribution in [0.5, 0.6) is 5.75 Å². The van der Waals surface area contributed by atoms with E-state index in [9.17, 15) is 19.2 Å². The van der Waals surface area contributed by atoms with Crippen LogP contribution in [0, 0.1) is 24.7 Å². The molecule has 3 amide bonds. The maximum atomic E-state index is 13.1. The van der Waals surface area contributed by atoms with E-state index in [-0.39, 0.29) is 52.2 Å². The van der Waals surface area contributed by atoms with Gasteiger partial charge in [-0.1, -0.05) is 50.1 Å². The summed E-state index contributed by atoms with van der Waals surface area (Å²) in [6, 6.07) is 14.1. The van der Waals surface area contributed by atoms with Crippen molar-refractivity contribution in [3.8, 4) is 5.75 Å². The minimum Gasteiger partial charge on any atom is -0.426 e. The molecule has 3 fully saturated rings. The van der Waals surface area contributed by atoms with Crippen LogP contribution < -0.4 is 14.5 Å². The van der Waals surface area contributed by atoms with Crippen molar-refractivity contribution >= 4 is 66.9 Å². The number of para-hydroxylation sites is 1. The zero-order valence-electron chi connectivity index (χ0n) is 19.0. The minimum absolute atomic E-state index is 0.0908. The number of ether oxygens (including phenoxy) is 1. The highest BCUT2D eigenvalue weighted by Gasteiger charge is 2.52. The van der Waals surface area contributed by atoms with Crippen LogP contribution in [0.2, 0.25) is 0 Å². The van der Waals surface area contributed by atoms with E-state index in [2.05, 4.69) is 31.9 Å². The SMILES string of the molecule is Cc1cc(OC(=O)[C@@H]2CC(=O)N(c3ccccc3)C2)ccc1N1C(=O)[C@H]2C[C@@H](Br)[C@@H](Br)C[C@H]2C1=O. The summed E-state index contributed by atoms with van der Waals surface area (Å²) >= 11 is 7.22. The van der Waals surface area contributed by atoms with Gasteiger partial charge in [-0.3, -0.25) is 19.2 Å². The lowest BCUT2D eigenvalue weighted by molar-refractivity contribution is -0.139. The monoisotopic (exact) mass is 602 g/mol. The number of benzene rings is 2. The molecule has 1 aliphatic carbocycles. The first kappa shape index (κ1) is 24.2. The summed E-state index contributed by atoms with van der Waals surface area (Å²) < 4.78 is 5.59. The fourth-order valence-corrected chi connectivity index (χ4v) is 6.43. The number of aryl methyl sites for hydroxylation is 1. The largest absolute Gasteiger partial charge is 0.426 e. The van der Waals surface area contributed by atoms with E-state index in [4.69, 9.17) is 4.74 Å². The van der Waals surface area contributed by atoms with E-state index in [1.165, 1.54) is 4.90 Å². The van der Waals surface area contributed by atoms with Gasteiger partial charge in [0.25, 0.3) is 0 Å². The average Bonchev–Trinajstić information content (AvgIpc) is 3.33. The molecule has 0 spiro atoms. The van der Waals surface area contributed by atoms with E-state index < -0.39 is 11.9 Å². The number of esters is 1. The molecule has 3 aliphatic rings. The topological polar surface area (TPSA) is 84.0 Å². The number of imide groups is 1. The van der Waals surface area contributed by atoms with Crippen LogP contribution in [0.1, 0.15) is 24.8 Å². The van der Waals surface area contributed by atoms with Gasteiger partial charge in [-0.05, 0) is 55.7 Å². The summed E-state index contributed by atoms with van der Waals surface area (Å²) in [6.45, 7) is 2.05. The molecule has 5 rings (SSSR count). The lowest BCUT2D eigenvalue weighted by Gasteiger charge is -2.29. The van der Waals surface area contributed by atoms with Crippen molar-refractivity contribution in [3.63, 3.8) is 0 Å². The summed E-state index contributed by atoms with van der Waals surface area (Å²) in [5.41, 5.74) is 1.93. The predicted molar refractivity (Wildman–Crippen MR) is 138 cm³/mol. The van der Waals surface area contributed by atoms with Gasteiger partial charge in [-0.2, -0.15) is 0 Å². The van der Waals surface area contributed by atoms with Crippen LogP contribution >= 0.6 is 31.9 Å². The van der Waals surface area contributed by atoms with E-state index in [0.29, 0.717) is 29.8 Å². The highest BCUT2D eigenvalue weighted by molar-refractivity contribution is 9.12. The van der Waals surface area contributed by atoms with Crippen LogP contribution in [0.15, 0.2) is 48.5 Å². The van der Waals surface area contributed by atoms with Crippen LogP contribution in [-0.2, 0) is 19.2 Å². The molecule has 2 aromatic rings. The number of anilines is 2. The summed E-state index contributed by atoms with van der Waals surface area (Å²) in [5, 5.41) is 0. The Bertz CT molecular complexity index is 1180. The third-order valence-electron chi connectivity index (χ3n) is 7.07. The Kier molecular flexibility index (Phi) is 6.57. The summed E-state index contributed by atoms with van der Waals surface area (Å²) in [4.78, 5) is 54.6. The number of carbonyl (C=O) groups is 4. The van der Waals surface area contributed by atoms with Gasteiger partial charge < -0.3 is 9.64 Å². The van der Waals surface area contributed by atoms with Gasteiger partial charge >= 0.3 is 5.97 Å². The van der Waals surface area contributed by atoms with Gasteiger partial charge in [-0.15, -0.1) is 0 Å². The number of carbonyl (C=O) groups excluding carboxylic acids is 4. The molecule has 2 heterocycles. The predicted octanol–water partition coefficient (Wildman–Crippen LogP) is 4.38. The Labute approximate surface area is 220 Å². The molecule has 35 heavy (non-hydrogen) atoms. The summed E-state index contributed by atoms with van der Waals surface area (Å²) in [6.07, 6.45) is 1.31. The van der Waals surface area contributed by atoms with Crippen molar-refractivity contribution in [3.05, 3.63) is 54.1 Å². The molecule has 0 unspecified atom stereocenters. The summed E-state index contributed by atoms with van der Waals surface area (Å²) in [7, 11) is 0. The Balaban J connectivity index is 1.28. The normalized spacial score (nSPS) is 28.4. The number of amides is 3. The number of rotatable bonds is 4. The molecule has 9 heteroatoms. The number of hydrogen-bond donors (Lipinski definition) is 0. The van der Waals surface area contributed by atoms with Crippen molar-refractivity contribution in [2.45, 2.75) is 35.8 Å². The van der Waals surface area contributed by atoms with Gasteiger partial charge in [0.05, 0.1) is 23.4 Å². The van der Waals surface area contributed by atoms with Crippen LogP contribution in [0.3, 0.4) is 0 Å². The average molecular weight is 604 g/mol. The molecule has 0 aromatic heterocycles. The van der Waals surface area contributed by atoms with E-state index >= 15 is 0 Å². The first-order valence-corrected chi connectivity index (χ1v) is 13.4.